The monoisotopic (exact) mass is 600 g/mol. The van der Waals surface area contributed by atoms with Gasteiger partial charge >= 0.3 is 6.03 Å². The fraction of sp³-hybridized carbons (Fsp3) is 0.235. The van der Waals surface area contributed by atoms with Gasteiger partial charge in [-0.15, -0.1) is 0 Å². The molecule has 0 saturated carbocycles. The highest BCUT2D eigenvalue weighted by Crippen LogP contribution is 2.37. The lowest BCUT2D eigenvalue weighted by Crippen LogP contribution is -2.57. The number of hydrogen-bond acceptors (Lipinski definition) is 5. The Labute approximate surface area is 215 Å². The predicted octanol–water partition coefficient (Wildman–Crippen LogP) is 4.63. The van der Waals surface area contributed by atoms with Crippen LogP contribution >= 0.6 is 69.6 Å². The van der Waals surface area contributed by atoms with Crippen molar-refractivity contribution in [3.05, 3.63) is 60.7 Å². The van der Waals surface area contributed by atoms with Gasteiger partial charge in [0.2, 0.25) is 27.3 Å². The molecule has 2 rings (SSSR count). The van der Waals surface area contributed by atoms with E-state index < -0.39 is 44.0 Å². The lowest BCUT2D eigenvalue weighted by molar-refractivity contribution is 0.238. The molecule has 0 radical (unpaired) electrons. The Kier molecular flexibility index (Phi) is 8.89. The van der Waals surface area contributed by atoms with Gasteiger partial charge in [-0.1, -0.05) is 106 Å². The summed E-state index contributed by atoms with van der Waals surface area (Å²) in [6.45, 7) is 0. The lowest BCUT2D eigenvalue weighted by Gasteiger charge is -2.29. The summed E-state index contributed by atoms with van der Waals surface area (Å²) in [5.41, 5.74) is 0. The van der Waals surface area contributed by atoms with Crippen molar-refractivity contribution in [2.45, 2.75) is 28.1 Å². The van der Waals surface area contributed by atoms with Gasteiger partial charge in [0.15, 0.2) is 10.7 Å². The summed E-state index contributed by atoms with van der Waals surface area (Å²) in [5, 5.41) is -0.331. The van der Waals surface area contributed by atoms with E-state index >= 15 is 0 Å². The van der Waals surface area contributed by atoms with Crippen molar-refractivity contribution in [1.82, 2.24) is 10.6 Å². The number of carbonyl (C=O) groups excluding carboxylic acids is 1. The van der Waals surface area contributed by atoms with Crippen molar-refractivity contribution in [1.29, 1.82) is 0 Å². The summed E-state index contributed by atoms with van der Waals surface area (Å²) in [6, 6.07) is 12.3. The van der Waals surface area contributed by atoms with Crippen LogP contribution in [0.1, 0.15) is 0 Å². The number of sulfone groups is 2. The van der Waals surface area contributed by atoms with E-state index in [0.717, 1.165) is 0 Å². The van der Waals surface area contributed by atoms with Crippen LogP contribution in [-0.2, 0) is 19.7 Å². The second-order valence-corrected chi connectivity index (χ2v) is 15.0. The van der Waals surface area contributed by atoms with Crippen molar-refractivity contribution in [3.8, 4) is 0 Å². The van der Waals surface area contributed by atoms with Crippen LogP contribution in [0.15, 0.2) is 70.5 Å². The van der Waals surface area contributed by atoms with E-state index in [9.17, 15) is 21.6 Å². The zero-order chi connectivity index (χ0) is 24.4. The molecule has 2 aromatic rings. The number of hydrogen-bond donors (Lipinski definition) is 2. The number of amides is 2. The molecule has 0 aliphatic rings. The highest BCUT2D eigenvalue weighted by Gasteiger charge is 2.48. The maximum atomic E-state index is 12.9. The Morgan fingerprint density at radius 2 is 0.906 bits per heavy atom. The minimum absolute atomic E-state index is 0.258. The Balaban J connectivity index is 2.39. The van der Waals surface area contributed by atoms with Gasteiger partial charge < -0.3 is 10.6 Å². The highest BCUT2D eigenvalue weighted by molar-refractivity contribution is 7.92. The van der Waals surface area contributed by atoms with E-state index in [1.807, 2.05) is 10.6 Å². The summed E-state index contributed by atoms with van der Waals surface area (Å²) >= 11 is 34.8. The van der Waals surface area contributed by atoms with Crippen molar-refractivity contribution >= 4 is 95.3 Å². The van der Waals surface area contributed by atoms with Gasteiger partial charge in [0.05, 0.1) is 9.79 Å². The molecule has 2 aromatic carbocycles. The van der Waals surface area contributed by atoms with E-state index in [1.54, 1.807) is 12.1 Å². The average molecular weight is 603 g/mol. The molecule has 176 valence electrons. The number of halogens is 6. The Bertz CT molecular complexity index is 1060. The van der Waals surface area contributed by atoms with Crippen molar-refractivity contribution < 1.29 is 21.6 Å². The largest absolute Gasteiger partial charge is 0.317 e. The lowest BCUT2D eigenvalue weighted by atomic mass is 10.4. The molecule has 32 heavy (non-hydrogen) atoms. The fourth-order valence-corrected chi connectivity index (χ4v) is 7.73. The number of carbonyl (C=O) groups is 1. The normalized spacial score (nSPS) is 14.9. The zero-order valence-electron chi connectivity index (χ0n) is 15.6. The number of alkyl halides is 6. The summed E-state index contributed by atoms with van der Waals surface area (Å²) in [7, 11) is -8.86. The molecule has 0 aliphatic heterocycles. The molecule has 7 nitrogen and oxygen atoms in total. The quantitative estimate of drug-likeness (QED) is 0.469. The van der Waals surface area contributed by atoms with E-state index in [0.29, 0.717) is 0 Å². The Morgan fingerprint density at radius 3 is 1.16 bits per heavy atom. The van der Waals surface area contributed by atoms with Gasteiger partial charge in [-0.2, -0.15) is 0 Å². The standard InChI is InChI=1S/C17H14Cl6N2O5S2/c18-16(19,20)13(31(27,28)11-7-3-1-4-8-11)24-15(26)25-14(17(21,22)23)32(29,30)12-9-5-2-6-10-12/h1-10,13-14H,(H2,24,25,26). The molecular formula is C17H14Cl6N2O5S2. The molecular weight excluding hydrogens is 589 g/mol. The maximum Gasteiger partial charge on any atom is 0.317 e. The number of rotatable bonds is 6. The fourth-order valence-electron chi connectivity index (χ4n) is 2.44. The van der Waals surface area contributed by atoms with Gasteiger partial charge in [0, 0.05) is 0 Å². The highest BCUT2D eigenvalue weighted by atomic mass is 35.6. The van der Waals surface area contributed by atoms with Crippen LogP contribution in [0, 0.1) is 0 Å². The van der Waals surface area contributed by atoms with Gasteiger partial charge in [-0.25, -0.2) is 21.6 Å². The van der Waals surface area contributed by atoms with Crippen molar-refractivity contribution in [2.75, 3.05) is 0 Å². The first-order chi connectivity index (χ1) is 14.6. The zero-order valence-corrected chi connectivity index (χ0v) is 21.7. The number of nitrogens with one attached hydrogen (secondary N) is 2. The predicted molar refractivity (Wildman–Crippen MR) is 127 cm³/mol. The first kappa shape index (κ1) is 27.6. The van der Waals surface area contributed by atoms with E-state index in [4.69, 9.17) is 69.6 Å². The van der Waals surface area contributed by atoms with Crippen LogP contribution in [0.2, 0.25) is 0 Å². The van der Waals surface area contributed by atoms with Crippen LogP contribution in [-0.4, -0.2) is 41.2 Å². The minimum Gasteiger partial charge on any atom is -0.317 e. The minimum atomic E-state index is -4.43. The van der Waals surface area contributed by atoms with Gasteiger partial charge in [-0.05, 0) is 24.3 Å². The van der Waals surface area contributed by atoms with Gasteiger partial charge in [-0.3, -0.25) is 0 Å². The molecule has 2 atom stereocenters. The van der Waals surface area contributed by atoms with Crippen LogP contribution in [0.25, 0.3) is 0 Å². The second-order valence-electron chi connectivity index (χ2n) is 6.18. The third kappa shape index (κ3) is 6.70. The maximum absolute atomic E-state index is 12.9. The third-order valence-electron chi connectivity index (χ3n) is 3.88. The number of benzene rings is 2. The molecule has 2 amide bonds. The van der Waals surface area contributed by atoms with Crippen LogP contribution in [0.5, 0.6) is 0 Å². The summed E-state index contributed by atoms with van der Waals surface area (Å²) in [4.78, 5) is 12.1. The third-order valence-corrected chi connectivity index (χ3v) is 10.0. The molecule has 15 heteroatoms. The molecule has 2 N–H and O–H groups in total. The molecule has 0 aromatic heterocycles. The Hall–Kier alpha value is -0.650. The molecule has 0 heterocycles. The molecule has 0 saturated heterocycles. The number of urea groups is 1. The summed E-state index contributed by atoms with van der Waals surface area (Å²) in [5.74, 6) is 0. The summed E-state index contributed by atoms with van der Waals surface area (Å²) < 4.78 is 46.6. The van der Waals surface area contributed by atoms with Crippen molar-refractivity contribution in [3.63, 3.8) is 0 Å². The molecule has 2 unspecified atom stereocenters. The van der Waals surface area contributed by atoms with Gasteiger partial charge in [0.25, 0.3) is 0 Å². The smallest absolute Gasteiger partial charge is 0.317 e. The summed E-state index contributed by atoms with van der Waals surface area (Å²) in [6.07, 6.45) is 0. The van der Waals surface area contributed by atoms with E-state index in [-0.39, 0.29) is 9.79 Å². The van der Waals surface area contributed by atoms with Crippen LogP contribution in [0.3, 0.4) is 0 Å². The van der Waals surface area contributed by atoms with E-state index in [1.165, 1.54) is 48.5 Å². The van der Waals surface area contributed by atoms with Crippen LogP contribution in [0.4, 0.5) is 4.79 Å². The van der Waals surface area contributed by atoms with E-state index in [2.05, 4.69) is 0 Å². The van der Waals surface area contributed by atoms with Crippen molar-refractivity contribution in [2.24, 2.45) is 0 Å². The Morgan fingerprint density at radius 1 is 0.625 bits per heavy atom. The average Bonchev–Trinajstić information content (AvgIpc) is 2.69. The second kappa shape index (κ2) is 10.3. The molecule has 0 fully saturated rings. The van der Waals surface area contributed by atoms with Crippen LogP contribution < -0.4 is 10.6 Å². The molecule has 0 bridgehead atoms. The van der Waals surface area contributed by atoms with Gasteiger partial charge in [0.1, 0.15) is 0 Å². The molecule has 0 spiro atoms. The molecule has 0 aliphatic carbocycles. The first-order valence-corrected chi connectivity index (χ1v) is 13.7. The first-order valence-electron chi connectivity index (χ1n) is 8.36. The topological polar surface area (TPSA) is 109 Å². The SMILES string of the molecule is O=C(NC(C(Cl)(Cl)Cl)S(=O)(=O)c1ccccc1)NC(C(Cl)(Cl)Cl)S(=O)(=O)c1ccccc1.